The molecular weight excluding hydrogens is 182 g/mol. The van der Waals surface area contributed by atoms with Crippen molar-refractivity contribution >= 4 is 6.21 Å². The van der Waals surface area contributed by atoms with E-state index in [9.17, 15) is 0 Å². The molecule has 1 aromatic carbocycles. The van der Waals surface area contributed by atoms with Crippen LogP contribution in [0.5, 0.6) is 11.5 Å². The molecule has 4 heteroatoms. The van der Waals surface area contributed by atoms with E-state index >= 15 is 0 Å². The van der Waals surface area contributed by atoms with Crippen LogP contribution in [0.15, 0.2) is 23.4 Å². The average molecular weight is 193 g/mol. The Kier molecular flexibility index (Phi) is 2.53. The van der Waals surface area contributed by atoms with Crippen LogP contribution in [0.25, 0.3) is 0 Å². The first-order valence-electron chi connectivity index (χ1n) is 4.36. The predicted molar refractivity (Wildman–Crippen MR) is 52.0 cm³/mol. The molecule has 1 aromatic rings. The van der Waals surface area contributed by atoms with Crippen molar-refractivity contribution < 1.29 is 14.3 Å². The normalized spacial score (nSPS) is 14.4. The van der Waals surface area contributed by atoms with Crippen molar-refractivity contribution in [3.8, 4) is 11.5 Å². The molecule has 0 radical (unpaired) electrons. The molecule has 0 aliphatic carbocycles. The van der Waals surface area contributed by atoms with E-state index in [2.05, 4.69) is 9.99 Å². The molecule has 4 nitrogen and oxygen atoms in total. The van der Waals surface area contributed by atoms with Crippen LogP contribution >= 0.6 is 0 Å². The van der Waals surface area contributed by atoms with Gasteiger partial charge < -0.3 is 14.3 Å². The van der Waals surface area contributed by atoms with Crippen LogP contribution in [-0.2, 0) is 4.84 Å². The third-order valence-electron chi connectivity index (χ3n) is 1.87. The third-order valence-corrected chi connectivity index (χ3v) is 1.87. The summed E-state index contributed by atoms with van der Waals surface area (Å²) >= 11 is 0. The molecule has 1 heterocycles. The van der Waals surface area contributed by atoms with Gasteiger partial charge in [-0.05, 0) is 18.2 Å². The maximum Gasteiger partial charge on any atom is 0.162 e. The molecule has 0 unspecified atom stereocenters. The summed E-state index contributed by atoms with van der Waals surface area (Å²) in [5.74, 6) is 1.54. The van der Waals surface area contributed by atoms with Crippen molar-refractivity contribution in [1.29, 1.82) is 0 Å². The second-order valence-corrected chi connectivity index (χ2v) is 2.82. The van der Waals surface area contributed by atoms with Gasteiger partial charge >= 0.3 is 0 Å². The van der Waals surface area contributed by atoms with Crippen LogP contribution in [0.2, 0.25) is 0 Å². The van der Waals surface area contributed by atoms with E-state index in [1.807, 2.05) is 18.2 Å². The first-order chi connectivity index (χ1) is 6.90. The van der Waals surface area contributed by atoms with Gasteiger partial charge in [-0.2, -0.15) is 0 Å². The summed E-state index contributed by atoms with van der Waals surface area (Å²) in [6.07, 6.45) is 1.62. The van der Waals surface area contributed by atoms with E-state index in [-0.39, 0.29) is 0 Å². The highest BCUT2D eigenvalue weighted by molar-refractivity contribution is 5.80. The number of rotatable bonds is 2. The van der Waals surface area contributed by atoms with Crippen molar-refractivity contribution in [1.82, 2.24) is 0 Å². The summed E-state index contributed by atoms with van der Waals surface area (Å²) in [6, 6.07) is 5.64. The molecule has 0 saturated carbocycles. The van der Waals surface area contributed by atoms with Gasteiger partial charge in [0.25, 0.3) is 0 Å². The standard InChI is InChI=1S/C10H11NO3/c1-12-11-7-8-2-3-9-10(6-8)14-5-4-13-9/h2-3,6-7H,4-5H2,1H3/b11-7+. The monoisotopic (exact) mass is 193 g/mol. The highest BCUT2D eigenvalue weighted by atomic mass is 16.6. The highest BCUT2D eigenvalue weighted by Gasteiger charge is 2.10. The topological polar surface area (TPSA) is 40.0 Å². The van der Waals surface area contributed by atoms with E-state index in [0.29, 0.717) is 13.2 Å². The van der Waals surface area contributed by atoms with Gasteiger partial charge in [0.1, 0.15) is 20.3 Å². The lowest BCUT2D eigenvalue weighted by Gasteiger charge is -2.18. The van der Waals surface area contributed by atoms with Crippen LogP contribution < -0.4 is 9.47 Å². The zero-order valence-electron chi connectivity index (χ0n) is 7.90. The van der Waals surface area contributed by atoms with Crippen molar-refractivity contribution in [3.05, 3.63) is 23.8 Å². The Morgan fingerprint density at radius 2 is 2.07 bits per heavy atom. The van der Waals surface area contributed by atoms with Gasteiger partial charge in [0.15, 0.2) is 11.5 Å². The molecule has 2 rings (SSSR count). The lowest BCUT2D eigenvalue weighted by molar-refractivity contribution is 0.171. The minimum atomic E-state index is 0.595. The molecule has 0 bridgehead atoms. The first-order valence-corrected chi connectivity index (χ1v) is 4.36. The largest absolute Gasteiger partial charge is 0.486 e. The van der Waals surface area contributed by atoms with Gasteiger partial charge in [0.05, 0.1) is 6.21 Å². The summed E-state index contributed by atoms with van der Waals surface area (Å²) in [5, 5.41) is 3.67. The van der Waals surface area contributed by atoms with Crippen molar-refractivity contribution in [3.63, 3.8) is 0 Å². The summed E-state index contributed by atoms with van der Waals surface area (Å²) < 4.78 is 10.8. The lowest BCUT2D eigenvalue weighted by atomic mass is 10.2. The van der Waals surface area contributed by atoms with Crippen LogP contribution in [0.3, 0.4) is 0 Å². The molecule has 1 aliphatic heterocycles. The van der Waals surface area contributed by atoms with E-state index in [1.165, 1.54) is 7.11 Å². The van der Waals surface area contributed by atoms with Crippen LogP contribution in [0.4, 0.5) is 0 Å². The summed E-state index contributed by atoms with van der Waals surface area (Å²) in [5.41, 5.74) is 0.927. The fourth-order valence-electron chi connectivity index (χ4n) is 1.25. The summed E-state index contributed by atoms with van der Waals surface area (Å²) in [6.45, 7) is 1.20. The number of nitrogens with zero attached hydrogens (tertiary/aromatic N) is 1. The molecule has 0 amide bonds. The van der Waals surface area contributed by atoms with Gasteiger partial charge in [0, 0.05) is 5.56 Å². The molecule has 0 aromatic heterocycles. The molecule has 0 saturated heterocycles. The molecule has 1 aliphatic rings. The van der Waals surface area contributed by atoms with E-state index < -0.39 is 0 Å². The fourth-order valence-corrected chi connectivity index (χ4v) is 1.25. The Bertz CT molecular complexity index is 349. The number of fused-ring (bicyclic) bond motifs is 1. The quantitative estimate of drug-likeness (QED) is 0.527. The number of ether oxygens (including phenoxy) is 2. The molecule has 14 heavy (non-hydrogen) atoms. The van der Waals surface area contributed by atoms with Crippen molar-refractivity contribution in [2.75, 3.05) is 20.3 Å². The fraction of sp³-hybridized carbons (Fsp3) is 0.300. The lowest BCUT2D eigenvalue weighted by Crippen LogP contribution is -2.15. The zero-order chi connectivity index (χ0) is 9.80. The Morgan fingerprint density at radius 3 is 2.86 bits per heavy atom. The van der Waals surface area contributed by atoms with Gasteiger partial charge in [-0.1, -0.05) is 5.16 Å². The SMILES string of the molecule is CO/N=C/c1ccc2c(c1)OCCO2. The number of hydrogen-bond donors (Lipinski definition) is 0. The van der Waals surface area contributed by atoms with Crippen molar-refractivity contribution in [2.45, 2.75) is 0 Å². The minimum absolute atomic E-state index is 0.595. The maximum absolute atomic E-state index is 5.42. The Hall–Kier alpha value is -1.71. The van der Waals surface area contributed by atoms with Crippen LogP contribution in [0, 0.1) is 0 Å². The van der Waals surface area contributed by atoms with Gasteiger partial charge in [0.2, 0.25) is 0 Å². The summed E-state index contributed by atoms with van der Waals surface area (Å²) in [7, 11) is 1.51. The minimum Gasteiger partial charge on any atom is -0.486 e. The Morgan fingerprint density at radius 1 is 1.29 bits per heavy atom. The van der Waals surface area contributed by atoms with Crippen LogP contribution in [0.1, 0.15) is 5.56 Å². The summed E-state index contributed by atoms with van der Waals surface area (Å²) in [4.78, 5) is 4.59. The van der Waals surface area contributed by atoms with Crippen molar-refractivity contribution in [2.24, 2.45) is 5.16 Å². The molecular formula is C10H11NO3. The number of hydrogen-bond acceptors (Lipinski definition) is 4. The molecule has 0 atom stereocenters. The maximum atomic E-state index is 5.42. The smallest absolute Gasteiger partial charge is 0.162 e. The average Bonchev–Trinajstić information content (AvgIpc) is 2.26. The molecule has 74 valence electrons. The predicted octanol–water partition coefficient (Wildman–Crippen LogP) is 1.44. The molecule has 0 fully saturated rings. The Labute approximate surface area is 82.1 Å². The zero-order valence-corrected chi connectivity index (χ0v) is 7.90. The Balaban J connectivity index is 2.24. The third kappa shape index (κ3) is 1.79. The van der Waals surface area contributed by atoms with Gasteiger partial charge in [-0.15, -0.1) is 0 Å². The van der Waals surface area contributed by atoms with Gasteiger partial charge in [-0.3, -0.25) is 0 Å². The number of benzene rings is 1. The molecule has 0 N–H and O–H groups in total. The van der Waals surface area contributed by atoms with Gasteiger partial charge in [-0.25, -0.2) is 0 Å². The van der Waals surface area contributed by atoms with E-state index in [1.54, 1.807) is 6.21 Å². The van der Waals surface area contributed by atoms with Crippen LogP contribution in [-0.4, -0.2) is 26.5 Å². The van der Waals surface area contributed by atoms with E-state index in [4.69, 9.17) is 9.47 Å². The second-order valence-electron chi connectivity index (χ2n) is 2.82. The highest BCUT2D eigenvalue weighted by Crippen LogP contribution is 2.30. The second kappa shape index (κ2) is 4.00. The first kappa shape index (κ1) is 8.87. The van der Waals surface area contributed by atoms with E-state index in [0.717, 1.165) is 17.1 Å². The molecule has 0 spiro atoms. The number of oxime groups is 1.